The molecule has 0 fully saturated rings. The van der Waals surface area contributed by atoms with Gasteiger partial charge >= 0.3 is 6.85 Å². The maximum atomic E-state index is 6.80. The third-order valence-corrected chi connectivity index (χ3v) is 16.4. The van der Waals surface area contributed by atoms with E-state index < -0.39 is 0 Å². The topological polar surface area (TPSA) is 21.3 Å². The monoisotopic (exact) mass is 842 g/mol. The number of nitrogens with zero attached hydrogens (tertiary/aromatic N) is 2. The van der Waals surface area contributed by atoms with E-state index in [1.165, 1.54) is 120 Å². The molecule has 0 amide bonds. The van der Waals surface area contributed by atoms with E-state index >= 15 is 0 Å². The quantitative estimate of drug-likeness (QED) is 0.154. The zero-order valence-corrected chi connectivity index (χ0v) is 38.4. The van der Waals surface area contributed by atoms with Crippen LogP contribution in [0.5, 0.6) is 0 Å². The predicted molar refractivity (Wildman–Crippen MR) is 275 cm³/mol. The summed E-state index contributed by atoms with van der Waals surface area (Å²) in [6.45, 7) is 18.5. The molecule has 0 atom stereocenters. The van der Waals surface area contributed by atoms with Crippen LogP contribution in [0, 0.1) is 0 Å². The van der Waals surface area contributed by atoms with Gasteiger partial charge in [0, 0.05) is 69.8 Å². The molecule has 2 aliphatic heterocycles. The lowest BCUT2D eigenvalue weighted by atomic mass is 9.43. The summed E-state index contributed by atoms with van der Waals surface area (Å²) in [5.74, 6) is 0. The van der Waals surface area contributed by atoms with E-state index in [-0.39, 0.29) is 23.1 Å². The van der Waals surface area contributed by atoms with Crippen LogP contribution in [-0.4, -0.2) is 11.4 Å². The molecule has 0 spiro atoms. The van der Waals surface area contributed by atoms with E-state index in [1.54, 1.807) is 0 Å². The Bertz CT molecular complexity index is 3900. The molecule has 1 aliphatic carbocycles. The van der Waals surface area contributed by atoms with Crippen LogP contribution in [0.15, 0.2) is 144 Å². The van der Waals surface area contributed by atoms with Gasteiger partial charge in [0.1, 0.15) is 11.2 Å². The predicted octanol–water partition coefficient (Wildman–Crippen LogP) is 15.2. The number of fused-ring (bicyclic) bond motifs is 17. The number of furan rings is 1. The van der Waals surface area contributed by atoms with Gasteiger partial charge in [-0.3, -0.25) is 0 Å². The Morgan fingerprint density at radius 2 is 1.27 bits per heavy atom. The van der Waals surface area contributed by atoms with E-state index in [0.29, 0.717) is 0 Å². The fraction of sp³-hybridized carbons (Fsp3) is 0.186. The average molecular weight is 843 g/mol. The van der Waals surface area contributed by atoms with Gasteiger partial charge in [0.25, 0.3) is 0 Å². The molecule has 3 nitrogen and oxygen atoms in total. The van der Waals surface area contributed by atoms with Crippen LogP contribution in [0.25, 0.3) is 91.9 Å². The second-order valence-electron chi connectivity index (χ2n) is 21.3. The zero-order valence-electron chi connectivity index (χ0n) is 37.6. The normalized spacial score (nSPS) is 14.9. The number of benzene rings is 8. The van der Waals surface area contributed by atoms with Gasteiger partial charge in [-0.15, -0.1) is 11.3 Å². The molecular weight excluding hydrogens is 796 g/mol. The molecule has 5 heteroatoms. The smallest absolute Gasteiger partial charge is 0.333 e. The number of thiophene rings is 1. The third kappa shape index (κ3) is 4.68. The Balaban J connectivity index is 1.15. The lowest BCUT2D eigenvalue weighted by molar-refractivity contribution is 0.590. The van der Waals surface area contributed by atoms with Gasteiger partial charge in [0.15, 0.2) is 0 Å². The maximum absolute atomic E-state index is 6.80. The summed E-state index contributed by atoms with van der Waals surface area (Å²) in [5.41, 5.74) is 21.3. The summed E-state index contributed by atoms with van der Waals surface area (Å²) in [4.78, 5) is 2.68. The van der Waals surface area contributed by atoms with E-state index in [2.05, 4.69) is 204 Å². The Kier molecular flexibility index (Phi) is 6.89. The lowest BCUT2D eigenvalue weighted by Gasteiger charge is -2.42. The molecule has 308 valence electrons. The number of rotatable bonds is 1. The van der Waals surface area contributed by atoms with Crippen LogP contribution < -0.4 is 15.7 Å². The van der Waals surface area contributed by atoms with Crippen molar-refractivity contribution in [1.29, 1.82) is 0 Å². The first kappa shape index (κ1) is 36.9. The highest BCUT2D eigenvalue weighted by atomic mass is 32.1. The number of hydrogen-bond acceptors (Lipinski definition) is 3. The molecule has 0 saturated heterocycles. The molecular formula is C59H47BN2OS. The molecule has 0 unspecified atom stereocenters. The minimum atomic E-state index is -0.147. The van der Waals surface area contributed by atoms with E-state index in [1.807, 2.05) is 11.3 Å². The molecule has 14 rings (SSSR count). The van der Waals surface area contributed by atoms with E-state index in [0.717, 1.165) is 16.6 Å². The van der Waals surface area contributed by atoms with Crippen molar-refractivity contribution >= 4 is 104 Å². The Labute approximate surface area is 377 Å². The average Bonchev–Trinajstić information content (AvgIpc) is 3.99. The molecule has 3 aromatic heterocycles. The molecule has 11 aromatic rings. The van der Waals surface area contributed by atoms with Crippen molar-refractivity contribution in [1.82, 2.24) is 4.57 Å². The van der Waals surface area contributed by atoms with Gasteiger partial charge in [-0.2, -0.15) is 0 Å². The minimum Gasteiger partial charge on any atom is -0.456 e. The SMILES string of the molecule is CC(C)(C)c1ccc(N2B3c4cc5c(cc4-n4c6cc7sc8ccccc8c7cc6c6ccc(c3c64)-c3cc4oc6ccc(C(C)(C)C)cc6c4cc32)C(C)(C)c2ccccc2-5)cc1. The molecule has 0 N–H and O–H groups in total. The fourth-order valence-electron chi connectivity index (χ4n) is 11.9. The maximum Gasteiger partial charge on any atom is 0.333 e. The van der Waals surface area contributed by atoms with Crippen molar-refractivity contribution in [2.75, 3.05) is 4.81 Å². The van der Waals surface area contributed by atoms with Crippen LogP contribution in [0.4, 0.5) is 11.4 Å². The Morgan fingerprint density at radius 1 is 0.516 bits per heavy atom. The number of aromatic nitrogens is 1. The van der Waals surface area contributed by atoms with Crippen LogP contribution in [-0.2, 0) is 16.2 Å². The number of hydrogen-bond donors (Lipinski definition) is 0. The summed E-state index contributed by atoms with van der Waals surface area (Å²) in [6.07, 6.45) is 0. The minimum absolute atomic E-state index is 0.0110. The summed E-state index contributed by atoms with van der Waals surface area (Å²) in [5, 5.41) is 7.59. The second kappa shape index (κ2) is 12.0. The number of anilines is 2. The molecule has 3 aliphatic rings. The van der Waals surface area contributed by atoms with Crippen molar-refractivity contribution in [3.8, 4) is 27.9 Å². The molecule has 0 saturated carbocycles. The van der Waals surface area contributed by atoms with Crippen molar-refractivity contribution < 1.29 is 4.42 Å². The molecule has 5 heterocycles. The molecule has 0 radical (unpaired) electrons. The van der Waals surface area contributed by atoms with Crippen molar-refractivity contribution in [3.63, 3.8) is 0 Å². The lowest BCUT2D eigenvalue weighted by Crippen LogP contribution is -2.60. The largest absolute Gasteiger partial charge is 0.456 e. The van der Waals surface area contributed by atoms with Gasteiger partial charge in [-0.05, 0) is 121 Å². The summed E-state index contributed by atoms with van der Waals surface area (Å²) >= 11 is 1.90. The van der Waals surface area contributed by atoms with Crippen LogP contribution in [0.1, 0.15) is 77.6 Å². The molecule has 64 heavy (non-hydrogen) atoms. The first-order valence-corrected chi connectivity index (χ1v) is 23.7. The standard InChI is InChI=1S/C59H47BN2OS/c1-57(2,3)32-17-20-34(21-18-32)62-49-28-43-42-25-33(58(4,5)6)19-24-51(42)63-52(43)29-41(49)37-22-23-38-40-26-44-36-14-10-12-16-53(36)64-54(44)31-48(40)61-50-30-46-39(27-47(50)60(62)55(37)56(38)61)35-13-9-11-15-45(35)59(46,7)8/h9-31H,1-8H3. The Hall–Kier alpha value is -6.56. The van der Waals surface area contributed by atoms with Gasteiger partial charge in [0.2, 0.25) is 0 Å². The zero-order chi connectivity index (χ0) is 43.3. The first-order chi connectivity index (χ1) is 30.7. The van der Waals surface area contributed by atoms with Gasteiger partial charge in [-0.1, -0.05) is 134 Å². The summed E-state index contributed by atoms with van der Waals surface area (Å²) in [7, 11) is 0. The summed E-state index contributed by atoms with van der Waals surface area (Å²) < 4.78 is 12.1. The van der Waals surface area contributed by atoms with E-state index in [9.17, 15) is 0 Å². The van der Waals surface area contributed by atoms with Gasteiger partial charge < -0.3 is 13.8 Å². The highest BCUT2D eigenvalue weighted by Crippen LogP contribution is 2.53. The van der Waals surface area contributed by atoms with E-state index in [4.69, 9.17) is 4.42 Å². The third-order valence-electron chi connectivity index (χ3n) is 15.3. The molecule has 0 bridgehead atoms. The fourth-order valence-corrected chi connectivity index (χ4v) is 13.1. The van der Waals surface area contributed by atoms with Crippen molar-refractivity contribution in [2.45, 2.75) is 71.6 Å². The van der Waals surface area contributed by atoms with Crippen LogP contribution in [0.3, 0.4) is 0 Å². The van der Waals surface area contributed by atoms with Crippen molar-refractivity contribution in [2.24, 2.45) is 0 Å². The van der Waals surface area contributed by atoms with Gasteiger partial charge in [0.05, 0.1) is 11.0 Å². The van der Waals surface area contributed by atoms with Crippen LogP contribution >= 0.6 is 11.3 Å². The van der Waals surface area contributed by atoms with Crippen LogP contribution in [0.2, 0.25) is 0 Å². The Morgan fingerprint density at radius 3 is 2.08 bits per heavy atom. The molecule has 8 aromatic carbocycles. The summed E-state index contributed by atoms with van der Waals surface area (Å²) in [6, 6.07) is 54.0. The highest BCUT2D eigenvalue weighted by Gasteiger charge is 2.46. The van der Waals surface area contributed by atoms with Crippen molar-refractivity contribution in [3.05, 3.63) is 162 Å². The first-order valence-electron chi connectivity index (χ1n) is 22.9. The second-order valence-corrected chi connectivity index (χ2v) is 22.4. The van der Waals surface area contributed by atoms with Gasteiger partial charge in [-0.25, -0.2) is 0 Å². The highest BCUT2D eigenvalue weighted by molar-refractivity contribution is 7.25.